The number of nitrogens with one attached hydrogen (secondary N) is 2. The van der Waals surface area contributed by atoms with Crippen LogP contribution in [0.15, 0.2) is 12.4 Å². The van der Waals surface area contributed by atoms with Crippen molar-refractivity contribution in [3.63, 3.8) is 0 Å². The standard InChI is InChI=1S/C16H26N4O5/c1-6-25-13(23)16(4,5)20-10-11(9-17-20)18-14(24)19-15(2,3)8-7-12(21)22/h9-10H,6-8H2,1-5H3,(H,21,22)(H2,18,19,24). The molecule has 3 N–H and O–H groups in total. The molecule has 0 spiro atoms. The number of rotatable bonds is 8. The van der Waals surface area contributed by atoms with Crippen molar-refractivity contribution in [2.24, 2.45) is 0 Å². The summed E-state index contributed by atoms with van der Waals surface area (Å²) in [5.41, 5.74) is -1.28. The molecule has 0 radical (unpaired) electrons. The Bertz CT molecular complexity index is 636. The maximum absolute atomic E-state index is 12.1. The Labute approximate surface area is 146 Å². The Morgan fingerprint density at radius 3 is 2.48 bits per heavy atom. The average Bonchev–Trinajstić information content (AvgIpc) is 2.94. The second kappa shape index (κ2) is 8.00. The third kappa shape index (κ3) is 6.09. The molecule has 0 saturated carbocycles. The minimum absolute atomic E-state index is 0.0427. The molecule has 9 nitrogen and oxygen atoms in total. The van der Waals surface area contributed by atoms with Crippen LogP contribution in [0.2, 0.25) is 0 Å². The van der Waals surface area contributed by atoms with E-state index in [0.29, 0.717) is 12.1 Å². The zero-order valence-corrected chi connectivity index (χ0v) is 15.3. The topological polar surface area (TPSA) is 123 Å². The van der Waals surface area contributed by atoms with Crippen LogP contribution in [0.4, 0.5) is 10.5 Å². The lowest BCUT2D eigenvalue weighted by Gasteiger charge is -2.25. The van der Waals surface area contributed by atoms with Crippen LogP contribution < -0.4 is 10.6 Å². The van der Waals surface area contributed by atoms with E-state index in [0.717, 1.165) is 0 Å². The van der Waals surface area contributed by atoms with Gasteiger partial charge in [0.05, 0.1) is 18.5 Å². The van der Waals surface area contributed by atoms with Crippen molar-refractivity contribution < 1.29 is 24.2 Å². The molecule has 9 heteroatoms. The largest absolute Gasteiger partial charge is 0.481 e. The third-order valence-electron chi connectivity index (χ3n) is 3.60. The fraction of sp³-hybridized carbons (Fsp3) is 0.625. The number of esters is 1. The normalized spacial score (nSPS) is 11.7. The van der Waals surface area contributed by atoms with E-state index in [1.807, 2.05) is 0 Å². The highest BCUT2D eigenvalue weighted by Gasteiger charge is 2.32. The van der Waals surface area contributed by atoms with Gasteiger partial charge >= 0.3 is 18.0 Å². The van der Waals surface area contributed by atoms with Gasteiger partial charge in [-0.15, -0.1) is 0 Å². The maximum Gasteiger partial charge on any atom is 0.333 e. The molecule has 0 bridgehead atoms. The van der Waals surface area contributed by atoms with Gasteiger partial charge in [0.1, 0.15) is 0 Å². The highest BCUT2D eigenvalue weighted by Crippen LogP contribution is 2.19. The number of urea groups is 1. The summed E-state index contributed by atoms with van der Waals surface area (Å²) in [7, 11) is 0. The zero-order valence-electron chi connectivity index (χ0n) is 15.3. The molecule has 1 rings (SSSR count). The third-order valence-corrected chi connectivity index (χ3v) is 3.60. The Morgan fingerprint density at radius 2 is 1.92 bits per heavy atom. The predicted octanol–water partition coefficient (Wildman–Crippen LogP) is 1.95. The molecule has 1 aromatic rings. The van der Waals surface area contributed by atoms with Gasteiger partial charge in [-0.2, -0.15) is 5.10 Å². The van der Waals surface area contributed by atoms with Gasteiger partial charge in [0, 0.05) is 18.2 Å². The number of amides is 2. The molecule has 0 aliphatic carbocycles. The molecule has 0 saturated heterocycles. The summed E-state index contributed by atoms with van der Waals surface area (Å²) in [5.74, 6) is -1.35. The number of anilines is 1. The molecule has 1 heterocycles. The van der Waals surface area contributed by atoms with Crippen molar-refractivity contribution in [1.82, 2.24) is 15.1 Å². The number of hydrogen-bond acceptors (Lipinski definition) is 5. The van der Waals surface area contributed by atoms with Crippen molar-refractivity contribution in [3.8, 4) is 0 Å². The number of ether oxygens (including phenoxy) is 1. The zero-order chi connectivity index (χ0) is 19.3. The second-order valence-corrected chi connectivity index (χ2v) is 6.81. The Hall–Kier alpha value is -2.58. The van der Waals surface area contributed by atoms with Crippen LogP contribution in [-0.4, -0.2) is 45.0 Å². The molecule has 0 aliphatic rings. The van der Waals surface area contributed by atoms with Crippen LogP contribution in [0.25, 0.3) is 0 Å². The summed E-state index contributed by atoms with van der Waals surface area (Å²) in [6, 6.07) is -0.483. The van der Waals surface area contributed by atoms with Gasteiger partial charge in [-0.05, 0) is 41.0 Å². The van der Waals surface area contributed by atoms with Gasteiger partial charge in [0.25, 0.3) is 0 Å². The number of carboxylic acid groups (broad SMARTS) is 1. The Balaban J connectivity index is 2.70. The Morgan fingerprint density at radius 1 is 1.28 bits per heavy atom. The van der Waals surface area contributed by atoms with Crippen LogP contribution in [-0.2, 0) is 19.9 Å². The first-order valence-corrected chi connectivity index (χ1v) is 8.01. The van der Waals surface area contributed by atoms with E-state index in [-0.39, 0.29) is 13.0 Å². The van der Waals surface area contributed by atoms with E-state index in [9.17, 15) is 14.4 Å². The number of aliphatic carboxylic acids is 1. The number of nitrogens with zero attached hydrogens (tertiary/aromatic N) is 2. The highest BCUT2D eigenvalue weighted by atomic mass is 16.5. The highest BCUT2D eigenvalue weighted by molar-refractivity contribution is 5.89. The summed E-state index contributed by atoms with van der Waals surface area (Å²) in [6.07, 6.45) is 3.20. The molecule has 140 valence electrons. The molecule has 0 fully saturated rings. The van der Waals surface area contributed by atoms with Crippen molar-refractivity contribution in [2.75, 3.05) is 11.9 Å². The molecular weight excluding hydrogens is 328 g/mol. The molecule has 0 unspecified atom stereocenters. The quantitative estimate of drug-likeness (QED) is 0.613. The van der Waals surface area contributed by atoms with Crippen molar-refractivity contribution >= 4 is 23.7 Å². The second-order valence-electron chi connectivity index (χ2n) is 6.81. The van der Waals surface area contributed by atoms with E-state index in [1.165, 1.54) is 17.1 Å². The fourth-order valence-electron chi connectivity index (χ4n) is 2.05. The maximum atomic E-state index is 12.1. The minimum atomic E-state index is -1.01. The Kier molecular flexibility index (Phi) is 6.55. The van der Waals surface area contributed by atoms with Gasteiger partial charge in [-0.3, -0.25) is 9.48 Å². The van der Waals surface area contributed by atoms with Crippen LogP contribution in [0.1, 0.15) is 47.5 Å². The van der Waals surface area contributed by atoms with Crippen molar-refractivity contribution in [2.45, 2.75) is 58.5 Å². The van der Waals surface area contributed by atoms with E-state index in [1.54, 1.807) is 34.6 Å². The van der Waals surface area contributed by atoms with Gasteiger partial charge in [0.15, 0.2) is 5.54 Å². The molecule has 25 heavy (non-hydrogen) atoms. The lowest BCUT2D eigenvalue weighted by Crippen LogP contribution is -2.45. The van der Waals surface area contributed by atoms with Crippen LogP contribution in [0.3, 0.4) is 0 Å². The summed E-state index contributed by atoms with van der Waals surface area (Å²) in [5, 5.41) is 18.2. The number of hydrogen-bond donors (Lipinski definition) is 3. The van der Waals surface area contributed by atoms with Crippen molar-refractivity contribution in [1.29, 1.82) is 0 Å². The van der Waals surface area contributed by atoms with Gasteiger partial charge < -0.3 is 20.5 Å². The number of aromatic nitrogens is 2. The van der Waals surface area contributed by atoms with Crippen molar-refractivity contribution in [3.05, 3.63) is 12.4 Å². The fourth-order valence-corrected chi connectivity index (χ4v) is 2.05. The number of carbonyl (C=O) groups is 3. The van der Waals surface area contributed by atoms with Crippen LogP contribution in [0.5, 0.6) is 0 Å². The lowest BCUT2D eigenvalue weighted by atomic mass is 9.99. The van der Waals surface area contributed by atoms with Crippen LogP contribution >= 0.6 is 0 Å². The van der Waals surface area contributed by atoms with Gasteiger partial charge in [0.2, 0.25) is 0 Å². The molecule has 1 aromatic heterocycles. The minimum Gasteiger partial charge on any atom is -0.481 e. The lowest BCUT2D eigenvalue weighted by molar-refractivity contribution is -0.152. The van der Waals surface area contributed by atoms with E-state index in [4.69, 9.17) is 9.84 Å². The first kappa shape index (κ1) is 20.5. The molecule has 0 atom stereocenters. The number of carboxylic acids is 1. The smallest absolute Gasteiger partial charge is 0.333 e. The SMILES string of the molecule is CCOC(=O)C(C)(C)n1cc(NC(=O)NC(C)(C)CCC(=O)O)cn1. The number of carbonyl (C=O) groups excluding carboxylic acids is 2. The molecule has 2 amide bonds. The molecular formula is C16H26N4O5. The predicted molar refractivity (Wildman–Crippen MR) is 91.3 cm³/mol. The monoisotopic (exact) mass is 354 g/mol. The average molecular weight is 354 g/mol. The summed E-state index contributed by atoms with van der Waals surface area (Å²) < 4.78 is 6.43. The summed E-state index contributed by atoms with van der Waals surface area (Å²) in [6.45, 7) is 8.79. The summed E-state index contributed by atoms with van der Waals surface area (Å²) in [4.78, 5) is 34.7. The van der Waals surface area contributed by atoms with Gasteiger partial charge in [-0.25, -0.2) is 9.59 Å². The molecule has 0 aromatic carbocycles. The van der Waals surface area contributed by atoms with Crippen LogP contribution in [0, 0.1) is 0 Å². The van der Waals surface area contributed by atoms with E-state index in [2.05, 4.69) is 15.7 Å². The first-order valence-electron chi connectivity index (χ1n) is 8.01. The van der Waals surface area contributed by atoms with E-state index >= 15 is 0 Å². The summed E-state index contributed by atoms with van der Waals surface area (Å²) >= 11 is 0. The first-order chi connectivity index (χ1) is 11.5. The molecule has 0 aliphatic heterocycles. The van der Waals surface area contributed by atoms with Gasteiger partial charge in [-0.1, -0.05) is 0 Å². The van der Waals surface area contributed by atoms with E-state index < -0.39 is 29.0 Å².